The minimum Gasteiger partial charge on any atom is -0.496 e. The van der Waals surface area contributed by atoms with Gasteiger partial charge in [-0.05, 0) is 30.3 Å². The molecule has 0 saturated heterocycles. The van der Waals surface area contributed by atoms with Gasteiger partial charge in [0.25, 0.3) is 5.91 Å². The predicted molar refractivity (Wildman–Crippen MR) is 94.8 cm³/mol. The van der Waals surface area contributed by atoms with Crippen LogP contribution < -0.4 is 15.0 Å². The van der Waals surface area contributed by atoms with E-state index in [9.17, 15) is 14.0 Å². The fourth-order valence-corrected chi connectivity index (χ4v) is 2.50. The second kappa shape index (κ2) is 8.48. The summed E-state index contributed by atoms with van der Waals surface area (Å²) in [7, 11) is 1.49. The van der Waals surface area contributed by atoms with Crippen molar-refractivity contribution < 1.29 is 18.7 Å². The first-order valence-corrected chi connectivity index (χ1v) is 7.96. The van der Waals surface area contributed by atoms with Crippen LogP contribution in [0.5, 0.6) is 5.75 Å². The molecule has 132 valence electrons. The summed E-state index contributed by atoms with van der Waals surface area (Å²) in [4.78, 5) is 25.5. The van der Waals surface area contributed by atoms with E-state index in [4.69, 9.17) is 16.3 Å². The lowest BCUT2D eigenvalue weighted by Gasteiger charge is -2.22. The number of benzene rings is 2. The first-order chi connectivity index (χ1) is 11.9. The van der Waals surface area contributed by atoms with Crippen molar-refractivity contribution in [2.45, 2.75) is 6.92 Å². The van der Waals surface area contributed by atoms with Crippen LogP contribution in [0.4, 0.5) is 10.1 Å². The Kier molecular flexibility index (Phi) is 6.36. The summed E-state index contributed by atoms with van der Waals surface area (Å²) in [6.07, 6.45) is 0. The number of para-hydroxylation sites is 1. The van der Waals surface area contributed by atoms with Gasteiger partial charge in [-0.25, -0.2) is 4.39 Å². The summed E-state index contributed by atoms with van der Waals surface area (Å²) in [5.74, 6) is -0.639. The van der Waals surface area contributed by atoms with Gasteiger partial charge >= 0.3 is 0 Å². The second-order valence-electron chi connectivity index (χ2n) is 5.23. The molecule has 0 aromatic heterocycles. The van der Waals surface area contributed by atoms with Crippen LogP contribution in [0.2, 0.25) is 5.02 Å². The van der Waals surface area contributed by atoms with Crippen LogP contribution in [0.25, 0.3) is 0 Å². The number of hydrogen-bond acceptors (Lipinski definition) is 3. The van der Waals surface area contributed by atoms with Gasteiger partial charge in [-0.3, -0.25) is 9.59 Å². The zero-order valence-corrected chi connectivity index (χ0v) is 14.6. The Hall–Kier alpha value is -2.60. The molecule has 0 fully saturated rings. The molecular formula is C18H18ClFN2O3. The first-order valence-electron chi connectivity index (χ1n) is 7.58. The molecule has 7 heteroatoms. The average Bonchev–Trinajstić information content (AvgIpc) is 2.60. The minimum absolute atomic E-state index is 0.0678. The molecule has 2 aromatic rings. The molecule has 2 amide bonds. The fraction of sp³-hybridized carbons (Fsp3) is 0.222. The van der Waals surface area contributed by atoms with E-state index >= 15 is 0 Å². The monoisotopic (exact) mass is 364 g/mol. The molecule has 0 unspecified atom stereocenters. The fourth-order valence-electron chi connectivity index (χ4n) is 2.33. The molecule has 0 bridgehead atoms. The van der Waals surface area contributed by atoms with E-state index in [1.165, 1.54) is 37.1 Å². The Morgan fingerprint density at radius 3 is 2.60 bits per heavy atom. The van der Waals surface area contributed by atoms with E-state index in [1.807, 2.05) is 0 Å². The van der Waals surface area contributed by atoms with Crippen LogP contribution in [-0.4, -0.2) is 32.0 Å². The normalized spacial score (nSPS) is 10.2. The van der Waals surface area contributed by atoms with Gasteiger partial charge in [0.15, 0.2) is 0 Å². The third-order valence-corrected chi connectivity index (χ3v) is 3.86. The highest BCUT2D eigenvalue weighted by Crippen LogP contribution is 2.22. The number of hydrogen-bond donors (Lipinski definition) is 1. The minimum atomic E-state index is -0.557. The topological polar surface area (TPSA) is 58.6 Å². The quantitative estimate of drug-likeness (QED) is 0.855. The summed E-state index contributed by atoms with van der Waals surface area (Å²) in [5.41, 5.74) is 0.870. The second-order valence-corrected chi connectivity index (χ2v) is 5.63. The van der Waals surface area contributed by atoms with Crippen molar-refractivity contribution in [2.24, 2.45) is 0 Å². The van der Waals surface area contributed by atoms with Gasteiger partial charge in [-0.2, -0.15) is 0 Å². The number of ether oxygens (including phenoxy) is 1. The summed E-state index contributed by atoms with van der Waals surface area (Å²) >= 11 is 5.76. The first kappa shape index (κ1) is 18.7. The SMILES string of the molecule is COc1ccccc1C(=O)NCCN(C(C)=O)c1ccc(F)c(Cl)c1. The van der Waals surface area contributed by atoms with E-state index in [-0.39, 0.29) is 29.9 Å². The van der Waals surface area contributed by atoms with Crippen molar-refractivity contribution in [1.82, 2.24) is 5.32 Å². The van der Waals surface area contributed by atoms with Crippen LogP contribution >= 0.6 is 11.6 Å². The van der Waals surface area contributed by atoms with Gasteiger partial charge in [0.05, 0.1) is 17.7 Å². The Labute approximate surface area is 150 Å². The zero-order valence-electron chi connectivity index (χ0n) is 13.9. The molecule has 2 rings (SSSR count). The van der Waals surface area contributed by atoms with Crippen molar-refractivity contribution in [3.63, 3.8) is 0 Å². The largest absolute Gasteiger partial charge is 0.496 e. The third kappa shape index (κ3) is 4.70. The zero-order chi connectivity index (χ0) is 18.4. The lowest BCUT2D eigenvalue weighted by Crippen LogP contribution is -2.37. The van der Waals surface area contributed by atoms with E-state index in [0.29, 0.717) is 17.0 Å². The Morgan fingerprint density at radius 2 is 1.96 bits per heavy atom. The predicted octanol–water partition coefficient (Wildman–Crippen LogP) is 3.27. The number of amides is 2. The molecule has 2 aromatic carbocycles. The van der Waals surface area contributed by atoms with Gasteiger partial charge < -0.3 is 15.0 Å². The van der Waals surface area contributed by atoms with E-state index in [0.717, 1.165) is 0 Å². The number of halogens is 2. The van der Waals surface area contributed by atoms with Crippen molar-refractivity contribution in [3.05, 3.63) is 58.9 Å². The van der Waals surface area contributed by atoms with Crippen molar-refractivity contribution >= 4 is 29.1 Å². The van der Waals surface area contributed by atoms with Crippen LogP contribution in [0.3, 0.4) is 0 Å². The van der Waals surface area contributed by atoms with Crippen LogP contribution in [0.1, 0.15) is 17.3 Å². The Balaban J connectivity index is 2.03. The summed E-state index contributed by atoms with van der Waals surface area (Å²) in [6, 6.07) is 10.9. The Morgan fingerprint density at radius 1 is 1.24 bits per heavy atom. The lowest BCUT2D eigenvalue weighted by molar-refractivity contribution is -0.116. The van der Waals surface area contributed by atoms with Crippen molar-refractivity contribution in [3.8, 4) is 5.75 Å². The molecule has 25 heavy (non-hydrogen) atoms. The van der Waals surface area contributed by atoms with Crippen LogP contribution in [0.15, 0.2) is 42.5 Å². The maximum absolute atomic E-state index is 13.3. The molecule has 0 radical (unpaired) electrons. The van der Waals surface area contributed by atoms with Gasteiger partial charge in [0, 0.05) is 25.7 Å². The van der Waals surface area contributed by atoms with Gasteiger partial charge in [-0.15, -0.1) is 0 Å². The van der Waals surface area contributed by atoms with Crippen molar-refractivity contribution in [1.29, 1.82) is 0 Å². The number of carbonyl (C=O) groups is 2. The van der Waals surface area contributed by atoms with E-state index in [1.54, 1.807) is 24.3 Å². The number of nitrogens with one attached hydrogen (secondary N) is 1. The summed E-state index contributed by atoms with van der Waals surface area (Å²) < 4.78 is 18.4. The molecule has 1 N–H and O–H groups in total. The molecule has 0 saturated carbocycles. The molecule has 5 nitrogen and oxygen atoms in total. The number of rotatable bonds is 6. The molecule has 0 aliphatic heterocycles. The standard InChI is InChI=1S/C18H18ClFN2O3/c1-12(23)22(13-7-8-16(20)15(19)11-13)10-9-21-18(24)14-5-3-4-6-17(14)25-2/h3-8,11H,9-10H2,1-2H3,(H,21,24). The summed E-state index contributed by atoms with van der Waals surface area (Å²) in [5, 5.41) is 2.67. The van der Waals surface area contributed by atoms with Crippen LogP contribution in [-0.2, 0) is 4.79 Å². The maximum Gasteiger partial charge on any atom is 0.255 e. The molecule has 0 heterocycles. The highest BCUT2D eigenvalue weighted by atomic mass is 35.5. The molecule has 0 spiro atoms. The highest BCUT2D eigenvalue weighted by molar-refractivity contribution is 6.31. The lowest BCUT2D eigenvalue weighted by atomic mass is 10.2. The van der Waals surface area contributed by atoms with Gasteiger partial charge in [0.2, 0.25) is 5.91 Å². The molecule has 0 atom stereocenters. The van der Waals surface area contributed by atoms with Gasteiger partial charge in [0.1, 0.15) is 11.6 Å². The smallest absolute Gasteiger partial charge is 0.255 e. The van der Waals surface area contributed by atoms with Crippen molar-refractivity contribution in [2.75, 3.05) is 25.1 Å². The molecule has 0 aliphatic carbocycles. The van der Waals surface area contributed by atoms with E-state index in [2.05, 4.69) is 5.32 Å². The third-order valence-electron chi connectivity index (χ3n) is 3.57. The summed E-state index contributed by atoms with van der Waals surface area (Å²) in [6.45, 7) is 1.82. The van der Waals surface area contributed by atoms with Crippen LogP contribution in [0, 0.1) is 5.82 Å². The number of anilines is 1. The van der Waals surface area contributed by atoms with Gasteiger partial charge in [-0.1, -0.05) is 23.7 Å². The molecular weight excluding hydrogens is 347 g/mol. The molecule has 0 aliphatic rings. The average molecular weight is 365 g/mol. The highest BCUT2D eigenvalue weighted by Gasteiger charge is 2.15. The van der Waals surface area contributed by atoms with E-state index < -0.39 is 5.82 Å². The Bertz CT molecular complexity index is 783. The number of carbonyl (C=O) groups excluding carboxylic acids is 2. The maximum atomic E-state index is 13.3. The number of nitrogens with zero attached hydrogens (tertiary/aromatic N) is 1. The number of methoxy groups -OCH3 is 1.